The number of hydrogen-bond donors (Lipinski definition) is 3. The Balaban J connectivity index is 1.33. The topological polar surface area (TPSA) is 129 Å². The second-order valence-electron chi connectivity index (χ2n) is 9.52. The predicted molar refractivity (Wildman–Crippen MR) is 152 cm³/mol. The highest BCUT2D eigenvalue weighted by Gasteiger charge is 2.56. The quantitative estimate of drug-likeness (QED) is 0.232. The van der Waals surface area contributed by atoms with Gasteiger partial charge in [0.2, 0.25) is 11.8 Å². The second kappa shape index (κ2) is 10.3. The van der Waals surface area contributed by atoms with Crippen molar-refractivity contribution in [2.24, 2.45) is 5.92 Å². The maximum absolute atomic E-state index is 13.9. The van der Waals surface area contributed by atoms with Crippen LogP contribution in [0.3, 0.4) is 0 Å². The maximum Gasteiger partial charge on any atom is 0.305 e. The standard InChI is InChI=1S/C29H23N3O6S2/c1-15-6-10-17(11-7-15)32-27(35)23-22(24-26(31-29(37)40-24)39-25(23)28(32)36)19-4-2-3-5-20(19)38-14-21(34)30-16-8-12-18(33)13-9-16/h2-13,22-23,25,33H,14H2,1H3,(H,30,34)(H,31,37)/t22-,23?,25?/m1/s1. The zero-order valence-corrected chi connectivity index (χ0v) is 22.8. The SMILES string of the molecule is Cc1ccc(N2C(=O)C3Sc4[nH]c(=O)sc4[C@H](c4ccccc4OCC(=O)Nc4ccc(O)cc4)C3C2=O)cc1. The summed E-state index contributed by atoms with van der Waals surface area (Å²) in [6, 6.07) is 20.3. The number of amides is 3. The third kappa shape index (κ3) is 4.67. The lowest BCUT2D eigenvalue weighted by atomic mass is 9.82. The number of thiazole rings is 1. The molecule has 6 rings (SSSR count). The summed E-state index contributed by atoms with van der Waals surface area (Å²) in [4.78, 5) is 57.0. The van der Waals surface area contributed by atoms with Gasteiger partial charge in [-0.3, -0.25) is 19.2 Å². The van der Waals surface area contributed by atoms with Crippen LogP contribution >= 0.6 is 23.1 Å². The van der Waals surface area contributed by atoms with E-state index in [0.717, 1.165) is 16.9 Å². The van der Waals surface area contributed by atoms with Gasteiger partial charge in [-0.25, -0.2) is 4.90 Å². The second-order valence-corrected chi connectivity index (χ2v) is 11.7. The van der Waals surface area contributed by atoms with E-state index < -0.39 is 23.0 Å². The Morgan fingerprint density at radius 2 is 1.73 bits per heavy atom. The smallest absolute Gasteiger partial charge is 0.305 e. The Bertz CT molecular complexity index is 1680. The summed E-state index contributed by atoms with van der Waals surface area (Å²) in [7, 11) is 0. The predicted octanol–water partition coefficient (Wildman–Crippen LogP) is 4.26. The number of H-pyrrole nitrogens is 1. The van der Waals surface area contributed by atoms with Crippen LogP contribution in [0.4, 0.5) is 11.4 Å². The van der Waals surface area contributed by atoms with E-state index in [2.05, 4.69) is 10.3 Å². The number of anilines is 2. The van der Waals surface area contributed by atoms with Gasteiger partial charge in [0, 0.05) is 22.0 Å². The van der Waals surface area contributed by atoms with Gasteiger partial charge in [0.05, 0.1) is 16.6 Å². The Hall–Kier alpha value is -4.35. The number of rotatable bonds is 6. The van der Waals surface area contributed by atoms with Crippen LogP contribution in [0.1, 0.15) is 21.9 Å². The molecule has 202 valence electrons. The van der Waals surface area contributed by atoms with Crippen molar-refractivity contribution in [1.82, 2.24) is 4.98 Å². The molecule has 2 aliphatic heterocycles. The first kappa shape index (κ1) is 25.9. The van der Waals surface area contributed by atoms with Crippen LogP contribution in [-0.4, -0.2) is 39.7 Å². The molecule has 1 aromatic heterocycles. The highest BCUT2D eigenvalue weighted by atomic mass is 32.2. The molecule has 40 heavy (non-hydrogen) atoms. The minimum atomic E-state index is -0.770. The molecule has 0 spiro atoms. The number of nitrogens with one attached hydrogen (secondary N) is 2. The molecule has 0 saturated carbocycles. The van der Waals surface area contributed by atoms with Crippen LogP contribution in [0.5, 0.6) is 11.5 Å². The summed E-state index contributed by atoms with van der Waals surface area (Å²) in [5, 5.41) is 12.0. The van der Waals surface area contributed by atoms with E-state index in [9.17, 15) is 24.3 Å². The Kier molecular flexibility index (Phi) is 6.68. The van der Waals surface area contributed by atoms with Gasteiger partial charge >= 0.3 is 4.87 Å². The number of thioether (sulfide) groups is 1. The van der Waals surface area contributed by atoms with Crippen molar-refractivity contribution in [2.75, 3.05) is 16.8 Å². The van der Waals surface area contributed by atoms with Crippen molar-refractivity contribution in [2.45, 2.75) is 23.1 Å². The van der Waals surface area contributed by atoms with Gasteiger partial charge in [0.1, 0.15) is 16.7 Å². The monoisotopic (exact) mass is 573 g/mol. The summed E-state index contributed by atoms with van der Waals surface area (Å²) >= 11 is 2.22. The van der Waals surface area contributed by atoms with E-state index in [1.807, 2.05) is 19.1 Å². The number of aromatic hydroxyl groups is 1. The number of carbonyl (C=O) groups excluding carboxylic acids is 3. The Labute approximate surface area is 236 Å². The number of aromatic nitrogens is 1. The number of ether oxygens (including phenoxy) is 1. The van der Waals surface area contributed by atoms with Gasteiger partial charge in [-0.15, -0.1) is 0 Å². The molecule has 3 amide bonds. The lowest BCUT2D eigenvalue weighted by molar-refractivity contribution is -0.122. The first-order valence-corrected chi connectivity index (χ1v) is 14.1. The number of carbonyl (C=O) groups is 3. The summed E-state index contributed by atoms with van der Waals surface area (Å²) in [5.41, 5.74) is 2.62. The zero-order chi connectivity index (χ0) is 28.0. The molecule has 1 saturated heterocycles. The number of fused-ring (bicyclic) bond motifs is 2. The lowest BCUT2D eigenvalue weighted by Gasteiger charge is -2.30. The minimum absolute atomic E-state index is 0.0828. The van der Waals surface area contributed by atoms with Gasteiger partial charge in [-0.1, -0.05) is 59.0 Å². The fourth-order valence-corrected chi connectivity index (χ4v) is 7.56. The number of benzene rings is 3. The van der Waals surface area contributed by atoms with Gasteiger partial charge in [-0.05, 0) is 49.4 Å². The van der Waals surface area contributed by atoms with E-state index in [1.54, 1.807) is 48.5 Å². The molecule has 11 heteroatoms. The van der Waals surface area contributed by atoms with E-state index in [1.165, 1.54) is 28.8 Å². The van der Waals surface area contributed by atoms with Crippen LogP contribution in [0.2, 0.25) is 0 Å². The molecule has 4 aromatic rings. The summed E-state index contributed by atoms with van der Waals surface area (Å²) in [6.45, 7) is 1.62. The highest BCUT2D eigenvalue weighted by Crippen LogP contribution is 2.54. The first-order chi connectivity index (χ1) is 19.3. The summed E-state index contributed by atoms with van der Waals surface area (Å²) in [5.74, 6) is -2.04. The molecule has 2 unspecified atom stereocenters. The number of phenolic OH excluding ortho intramolecular Hbond substituents is 1. The molecular weight excluding hydrogens is 550 g/mol. The van der Waals surface area contributed by atoms with Crippen LogP contribution in [0.25, 0.3) is 0 Å². The average Bonchev–Trinajstić information content (AvgIpc) is 3.44. The Morgan fingerprint density at radius 1 is 1.00 bits per heavy atom. The fraction of sp³-hybridized carbons (Fsp3) is 0.172. The van der Waals surface area contributed by atoms with E-state index in [-0.39, 0.29) is 29.0 Å². The fourth-order valence-electron chi connectivity index (χ4n) is 5.05. The molecule has 9 nitrogen and oxygen atoms in total. The molecule has 0 aliphatic carbocycles. The van der Waals surface area contributed by atoms with E-state index in [0.29, 0.717) is 32.6 Å². The number of phenols is 1. The van der Waals surface area contributed by atoms with Crippen molar-refractivity contribution >= 4 is 52.2 Å². The number of hydrogen-bond acceptors (Lipinski definition) is 8. The van der Waals surface area contributed by atoms with Crippen LogP contribution in [-0.2, 0) is 14.4 Å². The van der Waals surface area contributed by atoms with Gasteiger partial charge in [-0.2, -0.15) is 0 Å². The number of imide groups is 1. The van der Waals surface area contributed by atoms with Crippen molar-refractivity contribution < 1.29 is 24.2 Å². The van der Waals surface area contributed by atoms with Crippen LogP contribution in [0.15, 0.2) is 82.6 Å². The third-order valence-corrected chi connectivity index (χ3v) is 9.28. The molecule has 1 fully saturated rings. The maximum atomic E-state index is 13.9. The molecular formula is C29H23N3O6S2. The molecule has 0 radical (unpaired) electrons. The Morgan fingerprint density at radius 3 is 2.48 bits per heavy atom. The van der Waals surface area contributed by atoms with Crippen molar-refractivity contribution in [3.8, 4) is 11.5 Å². The number of aryl methyl sites for hydroxylation is 1. The number of aromatic amines is 1. The van der Waals surface area contributed by atoms with Crippen LogP contribution in [0, 0.1) is 12.8 Å². The van der Waals surface area contributed by atoms with Crippen molar-refractivity contribution in [1.29, 1.82) is 0 Å². The lowest BCUT2D eigenvalue weighted by Crippen LogP contribution is -2.32. The van der Waals surface area contributed by atoms with Crippen molar-refractivity contribution in [3.05, 3.63) is 98.5 Å². The number of nitrogens with zero attached hydrogens (tertiary/aromatic N) is 1. The van der Waals surface area contributed by atoms with Crippen molar-refractivity contribution in [3.63, 3.8) is 0 Å². The van der Waals surface area contributed by atoms with Gasteiger partial charge in [0.15, 0.2) is 6.61 Å². The first-order valence-electron chi connectivity index (χ1n) is 12.4. The summed E-state index contributed by atoms with van der Waals surface area (Å²) in [6.07, 6.45) is 0. The molecule has 3 atom stereocenters. The molecule has 3 N–H and O–H groups in total. The molecule has 0 bridgehead atoms. The largest absolute Gasteiger partial charge is 0.508 e. The summed E-state index contributed by atoms with van der Waals surface area (Å²) < 4.78 is 5.94. The normalized spacial score (nSPS) is 19.7. The van der Waals surface area contributed by atoms with Gasteiger partial charge < -0.3 is 20.1 Å². The van der Waals surface area contributed by atoms with E-state index >= 15 is 0 Å². The molecule has 2 aliphatic rings. The molecule has 3 heterocycles. The zero-order valence-electron chi connectivity index (χ0n) is 21.1. The highest BCUT2D eigenvalue weighted by molar-refractivity contribution is 8.00. The third-order valence-electron chi connectivity index (χ3n) is 6.88. The van der Waals surface area contributed by atoms with Gasteiger partial charge in [0.25, 0.3) is 5.91 Å². The number of para-hydroxylation sites is 1. The average molecular weight is 574 g/mol. The molecule has 3 aromatic carbocycles. The van der Waals surface area contributed by atoms with E-state index in [4.69, 9.17) is 4.74 Å². The van der Waals surface area contributed by atoms with Crippen LogP contribution < -0.4 is 19.8 Å². The minimum Gasteiger partial charge on any atom is -0.508 e.